The normalized spacial score (nSPS) is 18.6. The smallest absolute Gasteiger partial charge is 0.251 e. The Hall–Kier alpha value is -2.08. The molecule has 27 heavy (non-hydrogen) atoms. The van der Waals surface area contributed by atoms with E-state index < -0.39 is 0 Å². The van der Waals surface area contributed by atoms with Gasteiger partial charge in [0.25, 0.3) is 5.91 Å². The predicted octanol–water partition coefficient (Wildman–Crippen LogP) is 2.29. The van der Waals surface area contributed by atoms with Crippen LogP contribution in [0.2, 0.25) is 0 Å². The Balaban J connectivity index is 1.47. The van der Waals surface area contributed by atoms with Crippen LogP contribution >= 0.6 is 0 Å². The molecule has 2 amide bonds. The van der Waals surface area contributed by atoms with E-state index in [4.69, 9.17) is 4.74 Å². The summed E-state index contributed by atoms with van der Waals surface area (Å²) in [4.78, 5) is 28.9. The number of piperidine rings is 1. The summed E-state index contributed by atoms with van der Waals surface area (Å²) in [5.41, 5.74) is 1.82. The molecule has 1 N–H and O–H groups in total. The van der Waals surface area contributed by atoms with E-state index in [1.54, 1.807) is 0 Å². The maximum absolute atomic E-state index is 12.5. The van der Waals surface area contributed by atoms with Gasteiger partial charge >= 0.3 is 0 Å². The Bertz CT molecular complexity index is 631. The third-order valence-electron chi connectivity index (χ3n) is 5.27. The molecule has 0 bridgehead atoms. The van der Waals surface area contributed by atoms with Gasteiger partial charge in [0.1, 0.15) is 0 Å². The monoisotopic (exact) mass is 373 g/mol. The van der Waals surface area contributed by atoms with Crippen molar-refractivity contribution < 1.29 is 14.3 Å². The number of morpholine rings is 1. The summed E-state index contributed by atoms with van der Waals surface area (Å²) in [6.07, 6.45) is 2.25. The molecule has 0 aliphatic carbocycles. The molecule has 1 aromatic carbocycles. The van der Waals surface area contributed by atoms with Gasteiger partial charge in [0.2, 0.25) is 5.91 Å². The number of nitrogens with one attached hydrogen (secondary N) is 1. The van der Waals surface area contributed by atoms with Crippen molar-refractivity contribution in [1.29, 1.82) is 0 Å². The van der Waals surface area contributed by atoms with E-state index in [-0.39, 0.29) is 17.9 Å². The van der Waals surface area contributed by atoms with Crippen LogP contribution in [0.4, 0.5) is 5.69 Å². The van der Waals surface area contributed by atoms with E-state index in [2.05, 4.69) is 24.1 Å². The number of carbonyl (C=O) groups is 2. The van der Waals surface area contributed by atoms with Crippen LogP contribution in [0.5, 0.6) is 0 Å². The van der Waals surface area contributed by atoms with Gasteiger partial charge in [-0.05, 0) is 43.0 Å². The van der Waals surface area contributed by atoms with E-state index in [0.29, 0.717) is 17.9 Å². The molecule has 2 heterocycles. The number of carbonyl (C=O) groups excluding carboxylic acids is 2. The summed E-state index contributed by atoms with van der Waals surface area (Å²) < 4.78 is 5.38. The van der Waals surface area contributed by atoms with Crippen molar-refractivity contribution >= 4 is 17.5 Å². The van der Waals surface area contributed by atoms with Gasteiger partial charge in [-0.25, -0.2) is 0 Å². The molecule has 0 unspecified atom stereocenters. The molecule has 2 aliphatic rings. The standard InChI is InChI=1S/C21H31N3O3/c1-16(2)15-20(25)24-9-7-18(8-10-24)22-21(26)17-3-5-19(6-4-17)23-11-13-27-14-12-23/h3-6,16,18H,7-15H2,1-2H3,(H,22,26). The molecule has 6 nitrogen and oxygen atoms in total. The van der Waals surface area contributed by atoms with Crippen molar-refractivity contribution in [3.63, 3.8) is 0 Å². The number of likely N-dealkylation sites (tertiary alicyclic amines) is 1. The second-order valence-corrected chi connectivity index (χ2v) is 7.87. The minimum atomic E-state index is -0.0320. The van der Waals surface area contributed by atoms with Crippen molar-refractivity contribution in [3.8, 4) is 0 Å². The summed E-state index contributed by atoms with van der Waals surface area (Å²) >= 11 is 0. The highest BCUT2D eigenvalue weighted by Crippen LogP contribution is 2.18. The largest absolute Gasteiger partial charge is 0.378 e. The van der Waals surface area contributed by atoms with Crippen molar-refractivity contribution in [2.75, 3.05) is 44.3 Å². The lowest BCUT2D eigenvalue weighted by molar-refractivity contribution is -0.133. The van der Waals surface area contributed by atoms with E-state index in [1.165, 1.54) is 0 Å². The summed E-state index contributed by atoms with van der Waals surface area (Å²) in [7, 11) is 0. The number of amides is 2. The summed E-state index contributed by atoms with van der Waals surface area (Å²) in [5.74, 6) is 0.583. The van der Waals surface area contributed by atoms with Crippen LogP contribution in [0, 0.1) is 5.92 Å². The Morgan fingerprint density at radius 3 is 2.30 bits per heavy atom. The molecule has 6 heteroatoms. The number of ether oxygens (including phenoxy) is 1. The topological polar surface area (TPSA) is 61.9 Å². The van der Waals surface area contributed by atoms with Crippen LogP contribution in [-0.4, -0.2) is 62.1 Å². The SMILES string of the molecule is CC(C)CC(=O)N1CCC(NC(=O)c2ccc(N3CCOCC3)cc2)CC1. The number of hydrogen-bond donors (Lipinski definition) is 1. The quantitative estimate of drug-likeness (QED) is 0.860. The number of hydrogen-bond acceptors (Lipinski definition) is 4. The van der Waals surface area contributed by atoms with Gasteiger partial charge in [-0.3, -0.25) is 9.59 Å². The second-order valence-electron chi connectivity index (χ2n) is 7.87. The fourth-order valence-corrected chi connectivity index (χ4v) is 3.67. The molecule has 0 radical (unpaired) electrons. The Labute approximate surface area is 161 Å². The van der Waals surface area contributed by atoms with E-state index >= 15 is 0 Å². The average Bonchev–Trinajstić information content (AvgIpc) is 2.69. The minimum absolute atomic E-state index is 0.0320. The molecule has 148 valence electrons. The average molecular weight is 373 g/mol. The third kappa shape index (κ3) is 5.45. The van der Waals surface area contributed by atoms with E-state index in [9.17, 15) is 9.59 Å². The van der Waals surface area contributed by atoms with Crippen LogP contribution in [0.1, 0.15) is 43.5 Å². The van der Waals surface area contributed by atoms with Crippen molar-refractivity contribution in [1.82, 2.24) is 10.2 Å². The first-order chi connectivity index (χ1) is 13.0. The molecule has 2 aliphatic heterocycles. The zero-order chi connectivity index (χ0) is 19.2. The van der Waals surface area contributed by atoms with Crippen LogP contribution in [0.25, 0.3) is 0 Å². The van der Waals surface area contributed by atoms with Gasteiger partial charge < -0.3 is 19.9 Å². The van der Waals surface area contributed by atoms with Crippen molar-refractivity contribution in [2.24, 2.45) is 5.92 Å². The maximum Gasteiger partial charge on any atom is 0.251 e. The summed E-state index contributed by atoms with van der Waals surface area (Å²) in [6.45, 7) is 8.86. The summed E-state index contributed by atoms with van der Waals surface area (Å²) in [5, 5.41) is 3.12. The molecular weight excluding hydrogens is 342 g/mol. The number of nitrogens with zero attached hydrogens (tertiary/aromatic N) is 2. The van der Waals surface area contributed by atoms with Gasteiger partial charge in [0, 0.05) is 49.9 Å². The van der Waals surface area contributed by atoms with Crippen LogP contribution < -0.4 is 10.2 Å². The molecule has 0 aromatic heterocycles. The minimum Gasteiger partial charge on any atom is -0.378 e. The Kier molecular flexibility index (Phi) is 6.72. The Morgan fingerprint density at radius 2 is 1.70 bits per heavy atom. The molecule has 0 saturated carbocycles. The van der Waals surface area contributed by atoms with Gasteiger partial charge in [-0.1, -0.05) is 13.8 Å². The lowest BCUT2D eigenvalue weighted by Crippen LogP contribution is -2.46. The third-order valence-corrected chi connectivity index (χ3v) is 5.27. The highest BCUT2D eigenvalue weighted by atomic mass is 16.5. The molecule has 0 spiro atoms. The molecule has 1 aromatic rings. The maximum atomic E-state index is 12.5. The molecule has 2 saturated heterocycles. The highest BCUT2D eigenvalue weighted by Gasteiger charge is 2.24. The molecule has 0 atom stereocenters. The van der Waals surface area contributed by atoms with Crippen LogP contribution in [0.3, 0.4) is 0 Å². The predicted molar refractivity (Wildman–Crippen MR) is 106 cm³/mol. The van der Waals surface area contributed by atoms with E-state index in [0.717, 1.165) is 57.9 Å². The first-order valence-electron chi connectivity index (χ1n) is 10.0. The molecular formula is C21H31N3O3. The first kappa shape index (κ1) is 19.7. The van der Waals surface area contributed by atoms with Gasteiger partial charge in [0.15, 0.2) is 0 Å². The fourth-order valence-electron chi connectivity index (χ4n) is 3.67. The fraction of sp³-hybridized carbons (Fsp3) is 0.619. The highest BCUT2D eigenvalue weighted by molar-refractivity contribution is 5.94. The van der Waals surface area contributed by atoms with Crippen LogP contribution in [-0.2, 0) is 9.53 Å². The van der Waals surface area contributed by atoms with Gasteiger partial charge in [-0.15, -0.1) is 0 Å². The zero-order valence-electron chi connectivity index (χ0n) is 16.4. The molecule has 2 fully saturated rings. The lowest BCUT2D eigenvalue weighted by Gasteiger charge is -2.33. The number of benzene rings is 1. The zero-order valence-corrected chi connectivity index (χ0v) is 16.4. The van der Waals surface area contributed by atoms with E-state index in [1.807, 2.05) is 29.2 Å². The number of rotatable bonds is 5. The van der Waals surface area contributed by atoms with Crippen molar-refractivity contribution in [3.05, 3.63) is 29.8 Å². The van der Waals surface area contributed by atoms with Crippen LogP contribution in [0.15, 0.2) is 24.3 Å². The van der Waals surface area contributed by atoms with Crippen molar-refractivity contribution in [2.45, 2.75) is 39.2 Å². The second kappa shape index (κ2) is 9.22. The molecule has 3 rings (SSSR count). The van der Waals surface area contributed by atoms with Gasteiger partial charge in [-0.2, -0.15) is 0 Å². The lowest BCUT2D eigenvalue weighted by atomic mass is 10.0. The Morgan fingerprint density at radius 1 is 1.07 bits per heavy atom. The first-order valence-corrected chi connectivity index (χ1v) is 10.0. The summed E-state index contributed by atoms with van der Waals surface area (Å²) in [6, 6.07) is 7.93. The van der Waals surface area contributed by atoms with Gasteiger partial charge in [0.05, 0.1) is 13.2 Å². The number of anilines is 1.